The SMILES string of the molecule is CCNCCc1ccc(C2CCN(CC(C)C)CC2)cc1. The first-order valence-corrected chi connectivity index (χ1v) is 8.71. The van der Waals surface area contributed by atoms with Crippen molar-refractivity contribution >= 4 is 0 Å². The Morgan fingerprint density at radius 3 is 2.38 bits per heavy atom. The number of hydrogen-bond donors (Lipinski definition) is 1. The molecule has 1 aliphatic heterocycles. The summed E-state index contributed by atoms with van der Waals surface area (Å²) in [5.74, 6) is 1.56. The zero-order valence-corrected chi connectivity index (χ0v) is 14.1. The van der Waals surface area contributed by atoms with Crippen molar-refractivity contribution in [3.8, 4) is 0 Å². The van der Waals surface area contributed by atoms with Gasteiger partial charge in [-0.05, 0) is 68.4 Å². The minimum atomic E-state index is 0.774. The summed E-state index contributed by atoms with van der Waals surface area (Å²) < 4.78 is 0. The molecule has 0 saturated carbocycles. The Labute approximate surface area is 130 Å². The number of nitrogens with one attached hydrogen (secondary N) is 1. The van der Waals surface area contributed by atoms with E-state index in [0.29, 0.717) is 0 Å². The molecule has 1 saturated heterocycles. The highest BCUT2D eigenvalue weighted by atomic mass is 15.1. The molecule has 1 N–H and O–H groups in total. The normalized spacial score (nSPS) is 17.5. The van der Waals surface area contributed by atoms with E-state index in [2.05, 4.69) is 55.3 Å². The molecule has 1 aliphatic rings. The predicted molar refractivity (Wildman–Crippen MR) is 91.9 cm³/mol. The van der Waals surface area contributed by atoms with Gasteiger partial charge in [-0.25, -0.2) is 0 Å². The number of piperidine rings is 1. The van der Waals surface area contributed by atoms with Crippen molar-refractivity contribution in [2.75, 3.05) is 32.7 Å². The first-order chi connectivity index (χ1) is 10.2. The fourth-order valence-electron chi connectivity index (χ4n) is 3.33. The number of hydrogen-bond acceptors (Lipinski definition) is 2. The van der Waals surface area contributed by atoms with Gasteiger partial charge in [0.25, 0.3) is 0 Å². The first-order valence-electron chi connectivity index (χ1n) is 8.71. The summed E-state index contributed by atoms with van der Waals surface area (Å²) >= 11 is 0. The number of likely N-dealkylation sites (tertiary alicyclic amines) is 1. The molecule has 118 valence electrons. The lowest BCUT2D eigenvalue weighted by Crippen LogP contribution is -2.35. The van der Waals surface area contributed by atoms with E-state index in [-0.39, 0.29) is 0 Å². The van der Waals surface area contributed by atoms with Crippen molar-refractivity contribution in [1.29, 1.82) is 0 Å². The zero-order chi connectivity index (χ0) is 15.1. The smallest absolute Gasteiger partial charge is 0.000439 e. The second kappa shape index (κ2) is 8.55. The summed E-state index contributed by atoms with van der Waals surface area (Å²) in [6.45, 7) is 12.7. The molecule has 2 rings (SSSR count). The first kappa shape index (κ1) is 16.5. The quantitative estimate of drug-likeness (QED) is 0.770. The monoisotopic (exact) mass is 288 g/mol. The molecule has 21 heavy (non-hydrogen) atoms. The fraction of sp³-hybridized carbons (Fsp3) is 0.684. The minimum absolute atomic E-state index is 0.774. The van der Waals surface area contributed by atoms with Gasteiger partial charge < -0.3 is 10.2 Å². The molecule has 0 radical (unpaired) electrons. The van der Waals surface area contributed by atoms with E-state index < -0.39 is 0 Å². The Hall–Kier alpha value is -0.860. The van der Waals surface area contributed by atoms with Gasteiger partial charge in [0.1, 0.15) is 0 Å². The summed E-state index contributed by atoms with van der Waals surface area (Å²) in [6, 6.07) is 9.38. The third-order valence-corrected chi connectivity index (χ3v) is 4.50. The maximum Gasteiger partial charge on any atom is 0.000439 e. The van der Waals surface area contributed by atoms with Crippen LogP contribution in [-0.2, 0) is 6.42 Å². The van der Waals surface area contributed by atoms with Crippen molar-refractivity contribution in [1.82, 2.24) is 10.2 Å². The summed E-state index contributed by atoms with van der Waals surface area (Å²) in [7, 11) is 0. The van der Waals surface area contributed by atoms with Crippen LogP contribution >= 0.6 is 0 Å². The predicted octanol–water partition coefficient (Wildman–Crippen LogP) is 3.67. The third-order valence-electron chi connectivity index (χ3n) is 4.50. The van der Waals surface area contributed by atoms with Crippen molar-refractivity contribution < 1.29 is 0 Å². The Morgan fingerprint density at radius 2 is 1.81 bits per heavy atom. The summed E-state index contributed by atoms with van der Waals surface area (Å²) in [6.07, 6.45) is 3.79. The molecule has 0 bridgehead atoms. The van der Waals surface area contributed by atoms with E-state index in [1.807, 2.05) is 0 Å². The van der Waals surface area contributed by atoms with Gasteiger partial charge in [-0.1, -0.05) is 45.0 Å². The summed E-state index contributed by atoms with van der Waals surface area (Å²) in [4.78, 5) is 2.63. The highest BCUT2D eigenvalue weighted by Gasteiger charge is 2.20. The van der Waals surface area contributed by atoms with Crippen LogP contribution in [0.2, 0.25) is 0 Å². The maximum absolute atomic E-state index is 3.39. The second-order valence-electron chi connectivity index (χ2n) is 6.81. The van der Waals surface area contributed by atoms with Gasteiger partial charge in [-0.15, -0.1) is 0 Å². The van der Waals surface area contributed by atoms with E-state index in [1.54, 1.807) is 5.56 Å². The van der Waals surface area contributed by atoms with Crippen molar-refractivity contribution in [2.24, 2.45) is 5.92 Å². The van der Waals surface area contributed by atoms with Crippen molar-refractivity contribution in [3.05, 3.63) is 35.4 Å². The standard InChI is InChI=1S/C19H32N2/c1-4-20-12-9-17-5-7-18(8-6-17)19-10-13-21(14-11-19)15-16(2)3/h5-8,16,19-20H,4,9-15H2,1-3H3. The molecular formula is C19H32N2. The van der Waals surface area contributed by atoms with Crippen LogP contribution in [0.25, 0.3) is 0 Å². The third kappa shape index (κ3) is 5.44. The van der Waals surface area contributed by atoms with Gasteiger partial charge in [0.05, 0.1) is 0 Å². The molecule has 0 atom stereocenters. The van der Waals surface area contributed by atoms with E-state index in [0.717, 1.165) is 31.3 Å². The Morgan fingerprint density at radius 1 is 1.14 bits per heavy atom. The highest BCUT2D eigenvalue weighted by Crippen LogP contribution is 2.28. The van der Waals surface area contributed by atoms with Crippen LogP contribution in [0.1, 0.15) is 50.7 Å². The van der Waals surface area contributed by atoms with Crippen LogP contribution in [0.3, 0.4) is 0 Å². The maximum atomic E-state index is 3.39. The molecule has 0 aliphatic carbocycles. The average Bonchev–Trinajstić information content (AvgIpc) is 2.49. The van der Waals surface area contributed by atoms with E-state index in [1.165, 1.54) is 38.0 Å². The largest absolute Gasteiger partial charge is 0.317 e. The van der Waals surface area contributed by atoms with Crippen LogP contribution in [0.15, 0.2) is 24.3 Å². The fourth-order valence-corrected chi connectivity index (χ4v) is 3.33. The van der Waals surface area contributed by atoms with E-state index >= 15 is 0 Å². The van der Waals surface area contributed by atoms with Gasteiger partial charge in [-0.3, -0.25) is 0 Å². The number of rotatable bonds is 7. The van der Waals surface area contributed by atoms with E-state index in [9.17, 15) is 0 Å². The van der Waals surface area contributed by atoms with Crippen LogP contribution in [0.4, 0.5) is 0 Å². The number of nitrogens with zero attached hydrogens (tertiary/aromatic N) is 1. The minimum Gasteiger partial charge on any atom is -0.317 e. The number of likely N-dealkylation sites (N-methyl/N-ethyl adjacent to an activating group) is 1. The molecule has 1 fully saturated rings. The molecular weight excluding hydrogens is 256 g/mol. The van der Waals surface area contributed by atoms with E-state index in [4.69, 9.17) is 0 Å². The zero-order valence-electron chi connectivity index (χ0n) is 14.1. The molecule has 1 aromatic carbocycles. The van der Waals surface area contributed by atoms with Crippen LogP contribution in [0, 0.1) is 5.92 Å². The van der Waals surface area contributed by atoms with Gasteiger partial charge in [0, 0.05) is 6.54 Å². The lowest BCUT2D eigenvalue weighted by Gasteiger charge is -2.33. The molecule has 2 heteroatoms. The summed E-state index contributed by atoms with van der Waals surface area (Å²) in [5, 5.41) is 3.39. The molecule has 1 heterocycles. The van der Waals surface area contributed by atoms with Crippen LogP contribution in [-0.4, -0.2) is 37.6 Å². The molecule has 1 aromatic rings. The highest BCUT2D eigenvalue weighted by molar-refractivity contribution is 5.26. The lowest BCUT2D eigenvalue weighted by molar-refractivity contribution is 0.192. The molecule has 0 spiro atoms. The molecule has 0 aromatic heterocycles. The number of benzene rings is 1. The Balaban J connectivity index is 1.80. The summed E-state index contributed by atoms with van der Waals surface area (Å²) in [5.41, 5.74) is 3.00. The van der Waals surface area contributed by atoms with Gasteiger partial charge in [-0.2, -0.15) is 0 Å². The van der Waals surface area contributed by atoms with Gasteiger partial charge in [0.2, 0.25) is 0 Å². The van der Waals surface area contributed by atoms with Crippen LogP contribution in [0.5, 0.6) is 0 Å². The Kier molecular flexibility index (Phi) is 6.72. The lowest BCUT2D eigenvalue weighted by atomic mass is 9.88. The molecule has 2 nitrogen and oxygen atoms in total. The van der Waals surface area contributed by atoms with Crippen molar-refractivity contribution in [2.45, 2.75) is 46.0 Å². The van der Waals surface area contributed by atoms with Gasteiger partial charge in [0.15, 0.2) is 0 Å². The average molecular weight is 288 g/mol. The van der Waals surface area contributed by atoms with Gasteiger partial charge >= 0.3 is 0 Å². The second-order valence-corrected chi connectivity index (χ2v) is 6.81. The topological polar surface area (TPSA) is 15.3 Å². The molecule has 0 unspecified atom stereocenters. The van der Waals surface area contributed by atoms with Crippen molar-refractivity contribution in [3.63, 3.8) is 0 Å². The van der Waals surface area contributed by atoms with Crippen LogP contribution < -0.4 is 5.32 Å². The molecule has 0 amide bonds. The Bertz CT molecular complexity index is 389.